The molecule has 2 aromatic carbocycles. The molecule has 3 aromatic rings. The molecule has 1 amide bonds. The van der Waals surface area contributed by atoms with Crippen molar-refractivity contribution in [2.45, 2.75) is 0 Å². The molecule has 0 unspecified atom stereocenters. The lowest BCUT2D eigenvalue weighted by Gasteiger charge is -2.04. The van der Waals surface area contributed by atoms with E-state index in [1.165, 1.54) is 6.21 Å². The average molecular weight is 380 g/mol. The van der Waals surface area contributed by atoms with Crippen LogP contribution in [0.2, 0.25) is 5.02 Å². The summed E-state index contributed by atoms with van der Waals surface area (Å²) in [5, 5.41) is 13.2. The van der Waals surface area contributed by atoms with E-state index < -0.39 is 5.91 Å². The zero-order valence-corrected chi connectivity index (χ0v) is 14.8. The van der Waals surface area contributed by atoms with Gasteiger partial charge in [0, 0.05) is 10.6 Å². The van der Waals surface area contributed by atoms with Gasteiger partial charge in [-0.1, -0.05) is 17.7 Å². The maximum absolute atomic E-state index is 11.7. The van der Waals surface area contributed by atoms with Crippen molar-refractivity contribution in [2.24, 2.45) is 5.10 Å². The van der Waals surface area contributed by atoms with Crippen LogP contribution >= 0.6 is 11.6 Å². The van der Waals surface area contributed by atoms with E-state index in [-0.39, 0.29) is 6.61 Å². The molecule has 1 N–H and O–H groups in total. The van der Waals surface area contributed by atoms with Crippen LogP contribution in [0, 0.1) is 11.3 Å². The number of carbonyl (C=O) groups excluding carboxylic acids is 1. The van der Waals surface area contributed by atoms with Gasteiger partial charge < -0.3 is 9.15 Å². The highest BCUT2D eigenvalue weighted by Crippen LogP contribution is 2.21. The van der Waals surface area contributed by atoms with E-state index in [9.17, 15) is 4.79 Å². The fourth-order valence-corrected chi connectivity index (χ4v) is 2.37. The first-order valence-corrected chi connectivity index (χ1v) is 8.32. The Morgan fingerprint density at radius 3 is 2.78 bits per heavy atom. The third-order valence-electron chi connectivity index (χ3n) is 3.47. The van der Waals surface area contributed by atoms with Crippen LogP contribution in [0.3, 0.4) is 0 Å². The number of nitrogens with one attached hydrogen (secondary N) is 1. The van der Waals surface area contributed by atoms with Crippen molar-refractivity contribution < 1.29 is 13.9 Å². The number of furan rings is 1. The molecule has 6 nitrogen and oxygen atoms in total. The maximum atomic E-state index is 11.7. The first-order chi connectivity index (χ1) is 13.1. The molecule has 7 heteroatoms. The second kappa shape index (κ2) is 8.70. The zero-order chi connectivity index (χ0) is 19.1. The number of halogens is 1. The summed E-state index contributed by atoms with van der Waals surface area (Å²) in [6, 6.07) is 19.4. The van der Waals surface area contributed by atoms with Crippen LogP contribution in [0.1, 0.15) is 11.3 Å². The monoisotopic (exact) mass is 379 g/mol. The third-order valence-corrected chi connectivity index (χ3v) is 3.71. The molecule has 0 aliphatic rings. The molecule has 0 atom stereocenters. The first kappa shape index (κ1) is 18.2. The minimum absolute atomic E-state index is 0.188. The van der Waals surface area contributed by atoms with E-state index in [0.717, 1.165) is 5.56 Å². The summed E-state index contributed by atoms with van der Waals surface area (Å²) in [4.78, 5) is 11.7. The average Bonchev–Trinajstić information content (AvgIpc) is 3.15. The lowest BCUT2D eigenvalue weighted by atomic mass is 10.1. The van der Waals surface area contributed by atoms with Crippen LogP contribution in [-0.4, -0.2) is 18.7 Å². The van der Waals surface area contributed by atoms with Gasteiger partial charge in [-0.3, -0.25) is 4.79 Å². The van der Waals surface area contributed by atoms with Crippen LogP contribution in [0.15, 0.2) is 70.2 Å². The van der Waals surface area contributed by atoms with Crippen molar-refractivity contribution in [3.05, 3.63) is 77.0 Å². The minimum atomic E-state index is -0.412. The van der Waals surface area contributed by atoms with Crippen molar-refractivity contribution in [3.8, 4) is 23.1 Å². The number of hydrogen-bond acceptors (Lipinski definition) is 5. The first-order valence-electron chi connectivity index (χ1n) is 7.95. The Kier molecular flexibility index (Phi) is 5.87. The predicted molar refractivity (Wildman–Crippen MR) is 102 cm³/mol. The molecule has 0 saturated heterocycles. The summed E-state index contributed by atoms with van der Waals surface area (Å²) in [5.74, 6) is 1.20. The largest absolute Gasteiger partial charge is 0.484 e. The summed E-state index contributed by atoms with van der Waals surface area (Å²) in [6.45, 7) is -0.188. The van der Waals surface area contributed by atoms with Crippen molar-refractivity contribution in [3.63, 3.8) is 0 Å². The normalized spacial score (nSPS) is 10.5. The van der Waals surface area contributed by atoms with Crippen LogP contribution in [0.4, 0.5) is 0 Å². The number of amides is 1. The fraction of sp³-hybridized carbons (Fsp3) is 0.0500. The SMILES string of the molecule is N#Cc1ccc(-c2ccc(/C=N/NC(=O)COc3cccc(Cl)c3)o2)cc1. The van der Waals surface area contributed by atoms with Gasteiger partial charge in [-0.05, 0) is 54.6 Å². The topological polar surface area (TPSA) is 87.6 Å². The molecule has 1 aromatic heterocycles. The molecule has 0 saturated carbocycles. The molecule has 134 valence electrons. The van der Waals surface area contributed by atoms with Crippen molar-refractivity contribution in [2.75, 3.05) is 6.61 Å². The van der Waals surface area contributed by atoms with E-state index in [1.54, 1.807) is 60.7 Å². The van der Waals surface area contributed by atoms with Crippen LogP contribution in [0.5, 0.6) is 5.75 Å². The Balaban J connectivity index is 1.51. The zero-order valence-electron chi connectivity index (χ0n) is 14.1. The number of benzene rings is 2. The number of carbonyl (C=O) groups is 1. The van der Waals surface area contributed by atoms with Gasteiger partial charge in [0.05, 0.1) is 17.8 Å². The molecule has 0 bridgehead atoms. The van der Waals surface area contributed by atoms with Crippen molar-refractivity contribution >= 4 is 23.7 Å². The van der Waals surface area contributed by atoms with E-state index in [4.69, 9.17) is 26.0 Å². The molecule has 0 aliphatic carbocycles. The standard InChI is InChI=1S/C20H14ClN3O3/c21-16-2-1-3-17(10-16)26-13-20(25)24-23-12-18-8-9-19(27-18)15-6-4-14(11-22)5-7-15/h1-10,12H,13H2,(H,24,25)/b23-12+. The maximum Gasteiger partial charge on any atom is 0.277 e. The summed E-state index contributed by atoms with van der Waals surface area (Å²) in [6.07, 6.45) is 1.39. The van der Waals surface area contributed by atoms with Crippen molar-refractivity contribution in [1.29, 1.82) is 5.26 Å². The smallest absolute Gasteiger partial charge is 0.277 e. The number of ether oxygens (including phenoxy) is 1. The van der Waals surface area contributed by atoms with E-state index in [0.29, 0.717) is 27.9 Å². The Bertz CT molecular complexity index is 1000. The molecule has 0 fully saturated rings. The quantitative estimate of drug-likeness (QED) is 0.518. The van der Waals surface area contributed by atoms with Gasteiger partial charge in [-0.2, -0.15) is 10.4 Å². The number of nitrogens with zero attached hydrogens (tertiary/aromatic N) is 2. The van der Waals surface area contributed by atoms with Gasteiger partial charge in [0.1, 0.15) is 17.3 Å². The molecule has 0 spiro atoms. The summed E-state index contributed by atoms with van der Waals surface area (Å²) in [7, 11) is 0. The molecule has 3 rings (SSSR count). The number of hydrogen-bond donors (Lipinski definition) is 1. The lowest BCUT2D eigenvalue weighted by molar-refractivity contribution is -0.123. The minimum Gasteiger partial charge on any atom is -0.484 e. The predicted octanol–water partition coefficient (Wildman–Crippen LogP) is 4.00. The number of nitriles is 1. The van der Waals surface area contributed by atoms with Gasteiger partial charge in [0.2, 0.25) is 0 Å². The van der Waals surface area contributed by atoms with E-state index in [2.05, 4.69) is 16.6 Å². The third kappa shape index (κ3) is 5.21. The second-order valence-corrected chi connectivity index (χ2v) is 5.87. The molecule has 0 aliphatic heterocycles. The highest BCUT2D eigenvalue weighted by Gasteiger charge is 2.05. The van der Waals surface area contributed by atoms with Gasteiger partial charge >= 0.3 is 0 Å². The summed E-state index contributed by atoms with van der Waals surface area (Å²) >= 11 is 5.84. The fourth-order valence-electron chi connectivity index (χ4n) is 2.19. The van der Waals surface area contributed by atoms with E-state index in [1.807, 2.05) is 0 Å². The van der Waals surface area contributed by atoms with Gasteiger partial charge in [-0.25, -0.2) is 5.43 Å². The molecular formula is C20H14ClN3O3. The second-order valence-electron chi connectivity index (χ2n) is 5.43. The highest BCUT2D eigenvalue weighted by molar-refractivity contribution is 6.30. The van der Waals surface area contributed by atoms with Crippen LogP contribution in [0.25, 0.3) is 11.3 Å². The Labute approximate surface area is 160 Å². The Morgan fingerprint density at radius 2 is 2.04 bits per heavy atom. The molecule has 27 heavy (non-hydrogen) atoms. The molecule has 1 heterocycles. The Hall–Kier alpha value is -3.56. The Morgan fingerprint density at radius 1 is 1.22 bits per heavy atom. The van der Waals surface area contributed by atoms with Crippen LogP contribution in [-0.2, 0) is 4.79 Å². The lowest BCUT2D eigenvalue weighted by Crippen LogP contribution is -2.24. The van der Waals surface area contributed by atoms with Crippen molar-refractivity contribution in [1.82, 2.24) is 5.43 Å². The highest BCUT2D eigenvalue weighted by atomic mass is 35.5. The summed E-state index contributed by atoms with van der Waals surface area (Å²) < 4.78 is 11.0. The molecular weight excluding hydrogens is 366 g/mol. The van der Waals surface area contributed by atoms with Gasteiger partial charge in [0.25, 0.3) is 5.91 Å². The summed E-state index contributed by atoms with van der Waals surface area (Å²) in [5.41, 5.74) is 3.78. The number of rotatable bonds is 6. The van der Waals surface area contributed by atoms with Gasteiger partial charge in [-0.15, -0.1) is 0 Å². The van der Waals surface area contributed by atoms with E-state index >= 15 is 0 Å². The molecule has 0 radical (unpaired) electrons. The number of hydrazone groups is 1. The van der Waals surface area contributed by atoms with Crippen LogP contribution < -0.4 is 10.2 Å². The van der Waals surface area contributed by atoms with Gasteiger partial charge in [0.15, 0.2) is 6.61 Å².